The van der Waals surface area contributed by atoms with Crippen LogP contribution in [0.2, 0.25) is 0 Å². The average Bonchev–Trinajstić information content (AvgIpc) is 3.70. The molecule has 0 radical (unpaired) electrons. The van der Waals surface area contributed by atoms with E-state index in [2.05, 4.69) is 27.5 Å². The SMILES string of the molecule is [N-]=[N+]=Nc1ccccc1[C@H]1OC(c2ccc(OCCCO)cc2)=N[C@@]1(C/C=C/c1ccccc1)C(=O)NC1c2ccccc2-c2ccccc21. The lowest BCUT2D eigenvalue weighted by atomic mass is 9.83. The van der Waals surface area contributed by atoms with Gasteiger partial charge in [-0.15, -0.1) is 0 Å². The van der Waals surface area contributed by atoms with Crippen molar-refractivity contribution in [3.63, 3.8) is 0 Å². The van der Waals surface area contributed by atoms with Crippen molar-refractivity contribution in [2.45, 2.75) is 30.5 Å². The lowest BCUT2D eigenvalue weighted by Gasteiger charge is -2.32. The summed E-state index contributed by atoms with van der Waals surface area (Å²) < 4.78 is 12.4. The van der Waals surface area contributed by atoms with Crippen molar-refractivity contribution in [3.8, 4) is 16.9 Å². The number of aliphatic hydroxyl groups excluding tert-OH is 1. The number of nitrogens with zero attached hydrogens (tertiary/aromatic N) is 4. The molecule has 9 heteroatoms. The Bertz CT molecular complexity index is 2060. The van der Waals surface area contributed by atoms with Gasteiger partial charge in [-0.1, -0.05) is 120 Å². The molecule has 0 saturated heterocycles. The van der Waals surface area contributed by atoms with Crippen molar-refractivity contribution in [1.82, 2.24) is 5.32 Å². The van der Waals surface area contributed by atoms with Crippen molar-refractivity contribution >= 4 is 23.6 Å². The first-order chi connectivity index (χ1) is 24.6. The van der Waals surface area contributed by atoms with Crippen molar-refractivity contribution in [2.24, 2.45) is 10.1 Å². The second-order valence-electron chi connectivity index (χ2n) is 12.1. The van der Waals surface area contributed by atoms with Gasteiger partial charge in [0.05, 0.1) is 12.6 Å². The molecule has 1 aliphatic carbocycles. The van der Waals surface area contributed by atoms with Crippen molar-refractivity contribution in [3.05, 3.63) is 172 Å². The number of aliphatic imine (C=N–C) groups is 1. The van der Waals surface area contributed by atoms with Gasteiger partial charge in [-0.3, -0.25) is 4.79 Å². The van der Waals surface area contributed by atoms with Gasteiger partial charge in [0.15, 0.2) is 11.6 Å². The van der Waals surface area contributed by atoms with Crippen LogP contribution in [0.5, 0.6) is 5.75 Å². The molecule has 0 spiro atoms. The molecular formula is C41H35N5O4. The number of aliphatic hydroxyl groups is 1. The first kappa shape index (κ1) is 32.4. The number of nitrogens with one attached hydrogen (secondary N) is 1. The summed E-state index contributed by atoms with van der Waals surface area (Å²) in [6, 6.07) is 40.1. The third-order valence-electron chi connectivity index (χ3n) is 9.05. The van der Waals surface area contributed by atoms with Gasteiger partial charge in [0, 0.05) is 41.2 Å². The molecule has 2 aliphatic rings. The summed E-state index contributed by atoms with van der Waals surface area (Å²) in [4.78, 5) is 23.4. The van der Waals surface area contributed by atoms with Crippen molar-refractivity contribution in [2.75, 3.05) is 13.2 Å². The highest BCUT2D eigenvalue weighted by atomic mass is 16.5. The molecule has 0 unspecified atom stereocenters. The predicted molar refractivity (Wildman–Crippen MR) is 194 cm³/mol. The summed E-state index contributed by atoms with van der Waals surface area (Å²) >= 11 is 0. The van der Waals surface area contributed by atoms with Crippen LogP contribution in [0.1, 0.15) is 52.8 Å². The van der Waals surface area contributed by atoms with Crippen LogP contribution in [0.15, 0.2) is 144 Å². The third kappa shape index (κ3) is 6.35. The van der Waals surface area contributed by atoms with Gasteiger partial charge in [0.25, 0.3) is 5.91 Å². The molecule has 1 amide bonds. The molecule has 0 saturated carbocycles. The number of carbonyl (C=O) groups is 1. The molecule has 0 fully saturated rings. The lowest BCUT2D eigenvalue weighted by Crippen LogP contribution is -2.49. The monoisotopic (exact) mass is 661 g/mol. The van der Waals surface area contributed by atoms with E-state index in [1.807, 2.05) is 115 Å². The van der Waals surface area contributed by atoms with Gasteiger partial charge < -0.3 is 19.9 Å². The predicted octanol–water partition coefficient (Wildman–Crippen LogP) is 8.64. The zero-order valence-electron chi connectivity index (χ0n) is 27.2. The number of rotatable bonds is 12. The first-order valence-electron chi connectivity index (χ1n) is 16.6. The Labute approximate surface area is 290 Å². The number of hydrogen-bond donors (Lipinski definition) is 2. The lowest BCUT2D eigenvalue weighted by molar-refractivity contribution is -0.129. The van der Waals surface area contributed by atoms with E-state index in [4.69, 9.17) is 19.6 Å². The topological polar surface area (TPSA) is 129 Å². The van der Waals surface area contributed by atoms with Gasteiger partial charge >= 0.3 is 0 Å². The van der Waals surface area contributed by atoms with E-state index in [1.54, 1.807) is 12.1 Å². The number of benzene rings is 5. The first-order valence-corrected chi connectivity index (χ1v) is 16.6. The molecular weight excluding hydrogens is 626 g/mol. The molecule has 248 valence electrons. The van der Waals surface area contributed by atoms with E-state index in [9.17, 15) is 5.53 Å². The quantitative estimate of drug-likeness (QED) is 0.0600. The fourth-order valence-electron chi connectivity index (χ4n) is 6.65. The summed E-state index contributed by atoms with van der Waals surface area (Å²) in [6.07, 6.45) is 3.69. The Morgan fingerprint density at radius 3 is 2.20 bits per heavy atom. The zero-order valence-corrected chi connectivity index (χ0v) is 27.2. The highest BCUT2D eigenvalue weighted by Gasteiger charge is 2.54. The van der Waals surface area contributed by atoms with E-state index in [1.165, 1.54) is 0 Å². The van der Waals surface area contributed by atoms with Crippen molar-refractivity contribution < 1.29 is 19.4 Å². The molecule has 2 N–H and O–H groups in total. The second kappa shape index (κ2) is 14.5. The van der Waals surface area contributed by atoms with Gasteiger partial charge in [0.2, 0.25) is 5.90 Å². The summed E-state index contributed by atoms with van der Waals surface area (Å²) in [5.41, 5.74) is 14.7. The molecule has 5 aromatic carbocycles. The molecule has 7 rings (SSSR count). The number of amides is 1. The standard InChI is InChI=1S/C41H35N5O4/c42-46-45-36-20-9-8-19-35(36)38-41(25-10-14-28-12-2-1-3-13-28,44-39(50-38)29-21-23-30(24-22-29)49-27-11-26-47)40(48)43-37-33-17-6-4-15-31(33)32-16-5-7-18-34(32)37/h1-10,12-24,37-38,47H,11,25-27H2,(H,43,48)/b14-10+/t38-,41-/m1/s1. The van der Waals surface area contributed by atoms with E-state index in [0.717, 1.165) is 27.8 Å². The van der Waals surface area contributed by atoms with E-state index >= 15 is 4.79 Å². The molecule has 2 atom stereocenters. The van der Waals surface area contributed by atoms with Crippen molar-refractivity contribution in [1.29, 1.82) is 0 Å². The number of fused-ring (bicyclic) bond motifs is 3. The average molecular weight is 662 g/mol. The molecule has 9 nitrogen and oxygen atoms in total. The molecule has 5 aromatic rings. The fourth-order valence-corrected chi connectivity index (χ4v) is 6.65. The van der Waals surface area contributed by atoms with Crippen LogP contribution in [0.3, 0.4) is 0 Å². The molecule has 0 aromatic heterocycles. The Morgan fingerprint density at radius 1 is 0.880 bits per heavy atom. The smallest absolute Gasteiger partial charge is 0.253 e. The van der Waals surface area contributed by atoms with E-state index in [-0.39, 0.29) is 24.8 Å². The maximum Gasteiger partial charge on any atom is 0.253 e. The van der Waals surface area contributed by atoms with Gasteiger partial charge in [0.1, 0.15) is 5.75 Å². The maximum atomic E-state index is 15.1. The highest BCUT2D eigenvalue weighted by molar-refractivity contribution is 6.01. The van der Waals surface area contributed by atoms with Gasteiger partial charge in [-0.25, -0.2) is 4.99 Å². The zero-order chi connectivity index (χ0) is 34.3. The van der Waals surface area contributed by atoms with Crippen LogP contribution < -0.4 is 10.1 Å². The van der Waals surface area contributed by atoms with Crippen LogP contribution in [-0.2, 0) is 9.53 Å². The summed E-state index contributed by atoms with van der Waals surface area (Å²) in [7, 11) is 0. The Kier molecular flexibility index (Phi) is 9.42. The number of ether oxygens (including phenoxy) is 2. The normalized spacial score (nSPS) is 17.7. The third-order valence-corrected chi connectivity index (χ3v) is 9.05. The Morgan fingerprint density at radius 2 is 1.52 bits per heavy atom. The van der Waals surface area contributed by atoms with E-state index < -0.39 is 17.7 Å². The number of azide groups is 1. The molecule has 1 aliphatic heterocycles. The van der Waals surface area contributed by atoms with Crippen LogP contribution in [0, 0.1) is 0 Å². The Hall–Kier alpha value is -6.15. The second-order valence-corrected chi connectivity index (χ2v) is 12.1. The van der Waals surface area contributed by atoms with Gasteiger partial charge in [-0.2, -0.15) is 0 Å². The summed E-state index contributed by atoms with van der Waals surface area (Å²) in [5.74, 6) is 0.592. The van der Waals surface area contributed by atoms with Gasteiger partial charge in [-0.05, 0) is 57.6 Å². The highest BCUT2D eigenvalue weighted by Crippen LogP contribution is 2.48. The minimum absolute atomic E-state index is 0.0440. The van der Waals surface area contributed by atoms with E-state index in [0.29, 0.717) is 35.6 Å². The maximum absolute atomic E-state index is 15.1. The van der Waals surface area contributed by atoms with Crippen LogP contribution in [0.4, 0.5) is 5.69 Å². The van der Waals surface area contributed by atoms with Crippen LogP contribution in [-0.4, -0.2) is 35.7 Å². The number of carbonyl (C=O) groups excluding carboxylic acids is 1. The Balaban J connectivity index is 1.34. The molecule has 0 bridgehead atoms. The minimum Gasteiger partial charge on any atom is -0.494 e. The van der Waals surface area contributed by atoms with Crippen LogP contribution in [0.25, 0.3) is 27.6 Å². The minimum atomic E-state index is -1.50. The molecule has 1 heterocycles. The summed E-state index contributed by atoms with van der Waals surface area (Å²) in [5, 5.41) is 16.5. The number of hydrogen-bond acceptors (Lipinski definition) is 6. The largest absolute Gasteiger partial charge is 0.494 e. The molecule has 50 heavy (non-hydrogen) atoms. The fraction of sp³-hybridized carbons (Fsp3) is 0.171. The summed E-state index contributed by atoms with van der Waals surface area (Å²) in [6.45, 7) is 0.429. The van der Waals surface area contributed by atoms with Crippen LogP contribution >= 0.6 is 0 Å².